The summed E-state index contributed by atoms with van der Waals surface area (Å²) in [5, 5.41) is 3.72. The lowest BCUT2D eigenvalue weighted by Crippen LogP contribution is -2.43. The fourth-order valence-electron chi connectivity index (χ4n) is 3.16. The zero-order valence-electron chi connectivity index (χ0n) is 17.2. The highest BCUT2D eigenvalue weighted by Gasteiger charge is 2.37. The quantitative estimate of drug-likeness (QED) is 0.653. The van der Waals surface area contributed by atoms with Gasteiger partial charge in [-0.25, -0.2) is 0 Å². The van der Waals surface area contributed by atoms with Gasteiger partial charge in [0.2, 0.25) is 5.91 Å². The van der Waals surface area contributed by atoms with Gasteiger partial charge in [-0.05, 0) is 36.8 Å². The van der Waals surface area contributed by atoms with Crippen molar-refractivity contribution in [2.75, 3.05) is 25.6 Å². The molecule has 1 heterocycles. The fraction of sp³-hybridized carbons (Fsp3) is 0.273. The Labute approximate surface area is 179 Å². The fourth-order valence-corrected chi connectivity index (χ4v) is 3.16. The van der Waals surface area contributed by atoms with Crippen LogP contribution < -0.4 is 15.5 Å². The van der Waals surface area contributed by atoms with Gasteiger partial charge in [0.1, 0.15) is 5.75 Å². The number of carbonyl (C=O) groups excluding carboxylic acids is 4. The lowest BCUT2D eigenvalue weighted by Gasteiger charge is -2.18. The summed E-state index contributed by atoms with van der Waals surface area (Å²) in [4.78, 5) is 49.0. The smallest absolute Gasteiger partial charge is 0.311 e. The molecular weight excluding hydrogens is 402 g/mol. The molecule has 2 N–H and O–H groups in total. The molecule has 3 amide bonds. The number of ether oxygens (including phenoxy) is 2. The van der Waals surface area contributed by atoms with Crippen molar-refractivity contribution in [2.24, 2.45) is 5.92 Å². The summed E-state index contributed by atoms with van der Waals surface area (Å²) < 4.78 is 10.2. The molecule has 1 atom stereocenters. The molecule has 1 aliphatic heterocycles. The van der Waals surface area contributed by atoms with E-state index in [0.29, 0.717) is 11.4 Å². The van der Waals surface area contributed by atoms with Gasteiger partial charge in [-0.3, -0.25) is 29.6 Å². The molecule has 1 aliphatic rings. The molecular formula is C22H23N3O6. The lowest BCUT2D eigenvalue weighted by molar-refractivity contribution is -0.151. The highest BCUT2D eigenvalue weighted by molar-refractivity contribution is 5.98. The average molecular weight is 425 g/mol. The Hall–Kier alpha value is -3.88. The number of benzene rings is 2. The number of rotatable bonds is 7. The van der Waals surface area contributed by atoms with E-state index < -0.39 is 36.2 Å². The van der Waals surface area contributed by atoms with Crippen molar-refractivity contribution in [1.82, 2.24) is 10.4 Å². The van der Waals surface area contributed by atoms with Gasteiger partial charge >= 0.3 is 5.97 Å². The van der Waals surface area contributed by atoms with Gasteiger partial charge in [0, 0.05) is 12.1 Å². The molecule has 0 aliphatic carbocycles. The number of nitrogens with zero attached hydrogens (tertiary/aromatic N) is 1. The second kappa shape index (κ2) is 9.75. The van der Waals surface area contributed by atoms with E-state index in [1.54, 1.807) is 42.5 Å². The van der Waals surface area contributed by atoms with Crippen LogP contribution in [0.1, 0.15) is 22.3 Å². The molecule has 0 bridgehead atoms. The van der Waals surface area contributed by atoms with Gasteiger partial charge in [-0.2, -0.15) is 0 Å². The molecule has 1 saturated heterocycles. The van der Waals surface area contributed by atoms with Gasteiger partial charge in [0.15, 0.2) is 6.61 Å². The highest BCUT2D eigenvalue weighted by atomic mass is 16.5. The second-order valence-corrected chi connectivity index (χ2v) is 7.07. The standard InChI is InChI=1S/C22H23N3O6/c1-14-6-5-7-16(10-14)23-19(26)13-31-22(29)15-11-20(27)25(12-15)24-21(28)17-8-3-4-9-18(17)30-2/h3-10,15H,11-13H2,1-2H3,(H,23,26)(H,24,28)/t15-/m1/s1. The van der Waals surface area contributed by atoms with E-state index in [2.05, 4.69) is 10.7 Å². The van der Waals surface area contributed by atoms with Crippen molar-refractivity contribution in [3.05, 3.63) is 59.7 Å². The summed E-state index contributed by atoms with van der Waals surface area (Å²) in [7, 11) is 1.44. The van der Waals surface area contributed by atoms with E-state index in [1.807, 2.05) is 13.0 Å². The van der Waals surface area contributed by atoms with Crippen LogP contribution in [0.5, 0.6) is 5.75 Å². The number of hydrogen-bond acceptors (Lipinski definition) is 6. The van der Waals surface area contributed by atoms with Crippen molar-refractivity contribution in [3.8, 4) is 5.75 Å². The van der Waals surface area contributed by atoms with Crippen molar-refractivity contribution in [3.63, 3.8) is 0 Å². The molecule has 9 nitrogen and oxygen atoms in total. The third kappa shape index (κ3) is 5.59. The topological polar surface area (TPSA) is 114 Å². The Morgan fingerprint density at radius 2 is 1.90 bits per heavy atom. The van der Waals surface area contributed by atoms with Gasteiger partial charge < -0.3 is 14.8 Å². The SMILES string of the molecule is COc1ccccc1C(=O)NN1C[C@H](C(=O)OCC(=O)Nc2cccc(C)c2)CC1=O. The van der Waals surface area contributed by atoms with Gasteiger partial charge in [-0.1, -0.05) is 24.3 Å². The predicted molar refractivity (Wildman–Crippen MR) is 111 cm³/mol. The zero-order valence-corrected chi connectivity index (χ0v) is 17.2. The minimum atomic E-state index is -0.780. The van der Waals surface area contributed by atoms with Crippen molar-refractivity contribution in [2.45, 2.75) is 13.3 Å². The molecule has 1 fully saturated rings. The molecule has 2 aromatic carbocycles. The van der Waals surface area contributed by atoms with Crippen LogP contribution in [0.25, 0.3) is 0 Å². The molecule has 0 spiro atoms. The second-order valence-electron chi connectivity index (χ2n) is 7.07. The van der Waals surface area contributed by atoms with E-state index in [0.717, 1.165) is 10.6 Å². The van der Waals surface area contributed by atoms with Crippen LogP contribution >= 0.6 is 0 Å². The van der Waals surface area contributed by atoms with E-state index in [4.69, 9.17) is 9.47 Å². The summed E-state index contributed by atoms with van der Waals surface area (Å²) in [6, 6.07) is 13.8. The third-order valence-corrected chi connectivity index (χ3v) is 4.69. The summed E-state index contributed by atoms with van der Waals surface area (Å²) >= 11 is 0. The van der Waals surface area contributed by atoms with Crippen LogP contribution in [0.3, 0.4) is 0 Å². The van der Waals surface area contributed by atoms with Crippen LogP contribution in [0, 0.1) is 12.8 Å². The Kier molecular flexibility index (Phi) is 6.86. The van der Waals surface area contributed by atoms with Gasteiger partial charge in [0.25, 0.3) is 11.8 Å². The number of hydrazine groups is 1. The van der Waals surface area contributed by atoms with Crippen LogP contribution in [-0.2, 0) is 19.1 Å². The molecule has 9 heteroatoms. The van der Waals surface area contributed by atoms with Crippen LogP contribution in [0.2, 0.25) is 0 Å². The maximum atomic E-state index is 12.5. The summed E-state index contributed by atoms with van der Waals surface area (Å²) in [5.41, 5.74) is 4.33. The first-order valence-corrected chi connectivity index (χ1v) is 9.65. The average Bonchev–Trinajstić information content (AvgIpc) is 3.12. The maximum Gasteiger partial charge on any atom is 0.311 e. The number of amides is 3. The number of esters is 1. The molecule has 2 aromatic rings. The zero-order chi connectivity index (χ0) is 22.4. The Balaban J connectivity index is 1.50. The third-order valence-electron chi connectivity index (χ3n) is 4.69. The predicted octanol–water partition coefficient (Wildman–Crippen LogP) is 1.68. The first-order chi connectivity index (χ1) is 14.9. The number of aryl methyl sites for hydroxylation is 1. The number of para-hydroxylation sites is 1. The molecule has 0 aromatic heterocycles. The van der Waals surface area contributed by atoms with E-state index in [-0.39, 0.29) is 18.5 Å². The molecule has 0 radical (unpaired) electrons. The van der Waals surface area contributed by atoms with Crippen LogP contribution in [0.4, 0.5) is 5.69 Å². The monoisotopic (exact) mass is 425 g/mol. The minimum absolute atomic E-state index is 0.0436. The number of hydrogen-bond donors (Lipinski definition) is 2. The molecule has 31 heavy (non-hydrogen) atoms. The minimum Gasteiger partial charge on any atom is -0.496 e. The summed E-state index contributed by atoms with van der Waals surface area (Å²) in [6.07, 6.45) is -0.120. The summed E-state index contributed by atoms with van der Waals surface area (Å²) in [6.45, 7) is 1.38. The number of carbonyl (C=O) groups is 4. The van der Waals surface area contributed by atoms with Gasteiger partial charge in [0.05, 0.1) is 25.1 Å². The Morgan fingerprint density at radius 3 is 2.65 bits per heavy atom. The Morgan fingerprint density at radius 1 is 1.13 bits per heavy atom. The van der Waals surface area contributed by atoms with Crippen molar-refractivity contribution < 1.29 is 28.7 Å². The Bertz CT molecular complexity index is 1010. The van der Waals surface area contributed by atoms with Gasteiger partial charge in [-0.15, -0.1) is 0 Å². The number of anilines is 1. The molecule has 0 unspecified atom stereocenters. The van der Waals surface area contributed by atoms with E-state index in [1.165, 1.54) is 7.11 Å². The highest BCUT2D eigenvalue weighted by Crippen LogP contribution is 2.20. The normalized spacial score (nSPS) is 15.4. The lowest BCUT2D eigenvalue weighted by atomic mass is 10.1. The maximum absolute atomic E-state index is 12.5. The van der Waals surface area contributed by atoms with Crippen molar-refractivity contribution in [1.29, 1.82) is 0 Å². The number of methoxy groups -OCH3 is 1. The molecule has 162 valence electrons. The first kappa shape index (κ1) is 21.8. The van der Waals surface area contributed by atoms with Crippen LogP contribution in [-0.4, -0.2) is 49.0 Å². The number of nitrogens with one attached hydrogen (secondary N) is 2. The first-order valence-electron chi connectivity index (χ1n) is 9.65. The largest absolute Gasteiger partial charge is 0.496 e. The van der Waals surface area contributed by atoms with Crippen molar-refractivity contribution >= 4 is 29.4 Å². The molecule has 3 rings (SSSR count). The van der Waals surface area contributed by atoms with E-state index >= 15 is 0 Å². The molecule has 0 saturated carbocycles. The summed E-state index contributed by atoms with van der Waals surface area (Å²) in [5.74, 6) is -2.53. The van der Waals surface area contributed by atoms with E-state index in [9.17, 15) is 19.2 Å². The van der Waals surface area contributed by atoms with Crippen LogP contribution in [0.15, 0.2) is 48.5 Å².